The van der Waals surface area contributed by atoms with E-state index in [1.54, 1.807) is 0 Å². The fourth-order valence-corrected chi connectivity index (χ4v) is 9.32. The minimum Gasteiger partial charge on any atom is -0.457 e. The molecule has 0 unspecified atom stereocenters. The summed E-state index contributed by atoms with van der Waals surface area (Å²) in [6, 6.07) is 49.0. The highest BCUT2D eigenvalue weighted by Gasteiger charge is 2.42. The minimum absolute atomic E-state index is 0.0570. The number of fused-ring (bicyclic) bond motifs is 4. The van der Waals surface area contributed by atoms with Gasteiger partial charge in [0.25, 0.3) is 5.69 Å². The average Bonchev–Trinajstić information content (AvgIpc) is 3.93. The molecule has 0 amide bonds. The monoisotopic (exact) mass is 911 g/mol. The van der Waals surface area contributed by atoms with Crippen molar-refractivity contribution < 1.29 is 13.0 Å². The Kier molecular flexibility index (Phi) is 9.69. The first-order valence-electron chi connectivity index (χ1n) is 27.0. The molecule has 1 aliphatic heterocycles. The summed E-state index contributed by atoms with van der Waals surface area (Å²) < 4.78 is 68.1. The topological polar surface area (TPSA) is 33.1 Å². The quantitative estimate of drug-likeness (QED) is 0.135. The standard InChI is InChI=1S/C64H64N4O/c1-42(2)34-44-22-17-29-57-60(44)67(61-52(43-20-13-12-14-21-43)26-19-27-53(61)45-35-47(63(6,7)8)37-48(36-45)64(9,10)11)41-66(57)49-23-18-24-50(39-49)69-51-30-31-55-54-25-15-16-28-56(54)68(58(55)40-51)59-38-46(32-33-65-59)62(3,4)5/h12-33,35-40,42H,34H2,1-11H3/q+2/i12D,13D,20D,21D,34D2. The molecule has 0 atom stereocenters. The second-order valence-corrected chi connectivity index (χ2v) is 21.6. The van der Waals surface area contributed by atoms with Crippen molar-refractivity contribution >= 4 is 50.6 Å². The van der Waals surface area contributed by atoms with Crippen molar-refractivity contribution in [3.8, 4) is 39.6 Å². The SMILES string of the molecule is [2H]c1cc([2H])c(-c2cccc(-c3cc(C(C)(C)C)cc(C(C)(C)C)c3)c2[N+]2=C=[N+](c3cccc(Oc4ccc5c6ccccc6n(-c6cc(C(C)(C)C)ccn6)c5c4)c3)c3cccc(C([2H])([2H])C(C)C)c32)c([2H])c1[2H]. The van der Waals surface area contributed by atoms with Gasteiger partial charge < -0.3 is 4.74 Å². The lowest BCUT2D eigenvalue weighted by molar-refractivity contribution is 0.483. The van der Waals surface area contributed by atoms with E-state index in [1.165, 1.54) is 11.6 Å². The zero-order chi connectivity index (χ0) is 53.7. The molecule has 0 aliphatic carbocycles. The van der Waals surface area contributed by atoms with Crippen LogP contribution in [0.1, 0.15) is 107 Å². The van der Waals surface area contributed by atoms with Crippen molar-refractivity contribution in [2.24, 2.45) is 5.92 Å². The van der Waals surface area contributed by atoms with E-state index in [-0.39, 0.29) is 46.0 Å². The largest absolute Gasteiger partial charge is 0.503 e. The van der Waals surface area contributed by atoms with E-state index in [2.05, 4.69) is 140 Å². The van der Waals surface area contributed by atoms with Crippen LogP contribution in [0.3, 0.4) is 0 Å². The van der Waals surface area contributed by atoms with Gasteiger partial charge in [-0.25, -0.2) is 4.98 Å². The Bertz CT molecular complexity index is 3830. The summed E-state index contributed by atoms with van der Waals surface area (Å²) in [6.45, 7) is 23.6. The third-order valence-corrected chi connectivity index (χ3v) is 13.0. The summed E-state index contributed by atoms with van der Waals surface area (Å²) in [6.07, 6.45) is 0.0585. The summed E-state index contributed by atoms with van der Waals surface area (Å²) in [5, 5.41) is 2.19. The van der Waals surface area contributed by atoms with Crippen molar-refractivity contribution in [1.29, 1.82) is 0 Å². The molecule has 1 aliphatic rings. The van der Waals surface area contributed by atoms with E-state index in [9.17, 15) is 5.48 Å². The average molecular weight is 911 g/mol. The van der Waals surface area contributed by atoms with Gasteiger partial charge in [0.1, 0.15) is 17.3 Å². The molecule has 0 radical (unpaired) electrons. The summed E-state index contributed by atoms with van der Waals surface area (Å²) in [5.41, 5.74) is 10.2. The summed E-state index contributed by atoms with van der Waals surface area (Å²) in [4.78, 5) is 4.88. The molecule has 10 rings (SSSR count). The van der Waals surface area contributed by atoms with Gasteiger partial charge in [-0.3, -0.25) is 4.57 Å². The van der Waals surface area contributed by atoms with Crippen LogP contribution in [-0.2, 0) is 22.6 Å². The van der Waals surface area contributed by atoms with Gasteiger partial charge in [-0.15, -0.1) is 0 Å². The Morgan fingerprint density at radius 1 is 0.594 bits per heavy atom. The third-order valence-electron chi connectivity index (χ3n) is 13.0. The number of nitrogens with zero attached hydrogens (tertiary/aromatic N) is 4. The number of ether oxygens (including phenoxy) is 1. The van der Waals surface area contributed by atoms with Crippen LogP contribution < -0.4 is 13.9 Å². The van der Waals surface area contributed by atoms with Gasteiger partial charge in [0.05, 0.1) is 33.7 Å². The first-order valence-corrected chi connectivity index (χ1v) is 24.0. The highest BCUT2D eigenvalue weighted by molar-refractivity contribution is 6.09. The number of benzene rings is 7. The predicted molar refractivity (Wildman–Crippen MR) is 291 cm³/mol. The van der Waals surface area contributed by atoms with Gasteiger partial charge in [-0.1, -0.05) is 167 Å². The van der Waals surface area contributed by atoms with Crippen LogP contribution in [0.5, 0.6) is 11.5 Å². The zero-order valence-electron chi connectivity index (χ0n) is 47.6. The van der Waals surface area contributed by atoms with Crippen LogP contribution in [0, 0.1) is 5.92 Å². The maximum absolute atomic E-state index is 9.68. The number of rotatable bonds is 9. The lowest BCUT2D eigenvalue weighted by atomic mass is 9.78. The number of aromatic nitrogens is 2. The predicted octanol–water partition coefficient (Wildman–Crippen LogP) is 17.3. The Morgan fingerprint density at radius 3 is 2.01 bits per heavy atom. The summed E-state index contributed by atoms with van der Waals surface area (Å²) >= 11 is 0. The molecular weight excluding hydrogens is 841 g/mol. The van der Waals surface area contributed by atoms with Crippen molar-refractivity contribution in [3.63, 3.8) is 0 Å². The van der Waals surface area contributed by atoms with Crippen LogP contribution in [0.15, 0.2) is 170 Å². The fraction of sp³-hybridized carbons (Fsp3) is 0.250. The Morgan fingerprint density at radius 2 is 1.28 bits per heavy atom. The molecule has 0 saturated heterocycles. The van der Waals surface area contributed by atoms with Crippen LogP contribution in [-0.4, -0.2) is 15.6 Å². The molecule has 0 fully saturated rings. The number of hydrogen-bond acceptors (Lipinski definition) is 2. The van der Waals surface area contributed by atoms with Crippen molar-refractivity contribution in [2.45, 2.75) is 98.8 Å². The van der Waals surface area contributed by atoms with Crippen molar-refractivity contribution in [1.82, 2.24) is 18.7 Å². The number of para-hydroxylation sites is 3. The molecule has 3 heterocycles. The molecule has 9 aromatic rings. The second-order valence-electron chi connectivity index (χ2n) is 21.6. The van der Waals surface area contributed by atoms with Crippen molar-refractivity contribution in [3.05, 3.63) is 192 Å². The molecule has 69 heavy (non-hydrogen) atoms. The Labute approximate surface area is 417 Å². The molecular formula is C64H64N4O+2. The Hall–Kier alpha value is -7.33. The third kappa shape index (κ3) is 8.73. The van der Waals surface area contributed by atoms with E-state index in [4.69, 9.17) is 12.5 Å². The van der Waals surface area contributed by atoms with Crippen LogP contribution in [0.25, 0.3) is 49.9 Å². The van der Waals surface area contributed by atoms with E-state index in [0.717, 1.165) is 49.9 Å². The van der Waals surface area contributed by atoms with Crippen LogP contribution in [0.4, 0.5) is 22.7 Å². The van der Waals surface area contributed by atoms with E-state index >= 15 is 0 Å². The highest BCUT2D eigenvalue weighted by atomic mass is 16.5. The molecule has 0 spiro atoms. The molecule has 5 nitrogen and oxygen atoms in total. The molecule has 2 aromatic heterocycles. The fourth-order valence-electron chi connectivity index (χ4n) is 9.32. The van der Waals surface area contributed by atoms with Gasteiger partial charge in [-0.2, -0.15) is 0 Å². The number of hydrogen-bond donors (Lipinski definition) is 0. The van der Waals surface area contributed by atoms with Gasteiger partial charge in [0.15, 0.2) is 0 Å². The number of pyridine rings is 1. The van der Waals surface area contributed by atoms with E-state index in [0.29, 0.717) is 45.4 Å². The van der Waals surface area contributed by atoms with Gasteiger partial charge in [0.2, 0.25) is 11.4 Å². The van der Waals surface area contributed by atoms with Crippen molar-refractivity contribution in [2.75, 3.05) is 0 Å². The normalized spacial score (nSPS) is 14.4. The zero-order valence-corrected chi connectivity index (χ0v) is 41.6. The smallest absolute Gasteiger partial charge is 0.457 e. The molecule has 5 heteroatoms. The van der Waals surface area contributed by atoms with Gasteiger partial charge in [-0.05, 0) is 114 Å². The molecule has 0 bridgehead atoms. The van der Waals surface area contributed by atoms with E-state index in [1.807, 2.05) is 95.9 Å². The molecule has 7 aromatic carbocycles. The van der Waals surface area contributed by atoms with E-state index < -0.39 is 12.3 Å². The maximum atomic E-state index is 9.68. The lowest BCUT2D eigenvalue weighted by Gasteiger charge is -2.26. The van der Waals surface area contributed by atoms with Crippen LogP contribution in [0.2, 0.25) is 0 Å². The van der Waals surface area contributed by atoms with Gasteiger partial charge >= 0.3 is 11.7 Å². The summed E-state index contributed by atoms with van der Waals surface area (Å²) in [7, 11) is 0. The first kappa shape index (κ1) is 38.6. The maximum Gasteiger partial charge on any atom is 0.503 e. The Balaban J connectivity index is 1.21. The molecule has 344 valence electrons. The second kappa shape index (κ2) is 17.3. The molecule has 0 saturated carbocycles. The van der Waals surface area contributed by atoms with Crippen LogP contribution >= 0.6 is 0 Å². The lowest BCUT2D eigenvalue weighted by Crippen LogP contribution is -2.16. The molecule has 0 N–H and O–H groups in total. The summed E-state index contributed by atoms with van der Waals surface area (Å²) in [5.74, 6) is 1.61. The first-order chi connectivity index (χ1) is 35.3. The minimum atomic E-state index is -1.82. The van der Waals surface area contributed by atoms with Gasteiger partial charge in [0, 0.05) is 43.5 Å². The highest BCUT2D eigenvalue weighted by Crippen LogP contribution is 2.48.